The summed E-state index contributed by atoms with van der Waals surface area (Å²) in [6.07, 6.45) is -2.94. The molecule has 0 atom stereocenters. The van der Waals surface area contributed by atoms with Gasteiger partial charge in [-0.05, 0) is 72.0 Å². The second-order valence-electron chi connectivity index (χ2n) is 9.82. The maximum Gasteiger partial charge on any atom is 0.416 e. The smallest absolute Gasteiger partial charge is 0.366 e. The molecule has 0 saturated heterocycles. The molecule has 0 radical (unpaired) electrons. The van der Waals surface area contributed by atoms with Crippen molar-refractivity contribution in [3.8, 4) is 0 Å². The molecule has 0 bridgehead atoms. The average molecular weight is 559 g/mol. The van der Waals surface area contributed by atoms with Gasteiger partial charge >= 0.3 is 12.2 Å². The zero-order valence-electron chi connectivity index (χ0n) is 22.2. The van der Waals surface area contributed by atoms with Crippen molar-refractivity contribution in [2.75, 3.05) is 28.6 Å². The number of carbonyl (C=O) groups excluding carboxylic acids is 2. The monoisotopic (exact) mass is 558 g/mol. The molecule has 3 N–H and O–H groups in total. The molecule has 1 aliphatic rings. The third kappa shape index (κ3) is 7.05. The molecule has 41 heavy (non-hydrogen) atoms. The van der Waals surface area contributed by atoms with Crippen LogP contribution in [0, 0.1) is 0 Å². The van der Waals surface area contributed by atoms with Crippen LogP contribution in [-0.4, -0.2) is 25.0 Å². The van der Waals surface area contributed by atoms with Gasteiger partial charge in [0, 0.05) is 36.7 Å². The molecule has 3 amide bonds. The number of benzene rings is 4. The number of amides is 3. The van der Waals surface area contributed by atoms with Crippen LogP contribution in [-0.2, 0) is 25.6 Å². The first kappa shape index (κ1) is 27.8. The number of fused-ring (bicyclic) bond motifs is 1. The zero-order valence-corrected chi connectivity index (χ0v) is 22.2. The molecule has 210 valence electrons. The van der Waals surface area contributed by atoms with Crippen LogP contribution >= 0.6 is 0 Å². The van der Waals surface area contributed by atoms with Crippen LogP contribution in [0.2, 0.25) is 0 Å². The summed E-state index contributed by atoms with van der Waals surface area (Å²) in [7, 11) is 0. The molecule has 0 fully saturated rings. The summed E-state index contributed by atoms with van der Waals surface area (Å²) in [6, 6.07) is 26.8. The molecule has 5 rings (SSSR count). The van der Waals surface area contributed by atoms with Crippen LogP contribution in [0.25, 0.3) is 0 Å². The van der Waals surface area contributed by atoms with Gasteiger partial charge in [-0.3, -0.25) is 4.79 Å². The number of hydrogen-bond donors (Lipinski definition) is 3. The molecular formula is C32H29F3N4O2. The minimum atomic E-state index is -4.46. The van der Waals surface area contributed by atoms with E-state index in [1.807, 2.05) is 48.5 Å². The summed E-state index contributed by atoms with van der Waals surface area (Å²) < 4.78 is 38.5. The summed E-state index contributed by atoms with van der Waals surface area (Å²) in [4.78, 5) is 28.2. The third-order valence-corrected chi connectivity index (χ3v) is 6.98. The van der Waals surface area contributed by atoms with Gasteiger partial charge in [0.15, 0.2) is 0 Å². The summed E-state index contributed by atoms with van der Waals surface area (Å²) in [5, 5.41) is 8.22. The lowest BCUT2D eigenvalue weighted by Crippen LogP contribution is -2.33. The number of hydrogen-bond acceptors (Lipinski definition) is 3. The Kier molecular flexibility index (Phi) is 8.24. The van der Waals surface area contributed by atoms with Crippen LogP contribution in [0.1, 0.15) is 32.6 Å². The van der Waals surface area contributed by atoms with Gasteiger partial charge in [-0.15, -0.1) is 0 Å². The molecule has 0 aromatic heterocycles. The molecule has 4 aromatic carbocycles. The third-order valence-electron chi connectivity index (χ3n) is 6.98. The van der Waals surface area contributed by atoms with E-state index >= 15 is 0 Å². The van der Waals surface area contributed by atoms with Gasteiger partial charge in [-0.2, -0.15) is 13.2 Å². The first-order chi connectivity index (χ1) is 19.8. The lowest BCUT2D eigenvalue weighted by molar-refractivity contribution is -0.137. The molecule has 4 aromatic rings. The summed E-state index contributed by atoms with van der Waals surface area (Å²) in [5.74, 6) is -0.262. The van der Waals surface area contributed by atoms with Gasteiger partial charge in [0.25, 0.3) is 5.91 Å². The highest BCUT2D eigenvalue weighted by atomic mass is 19.4. The predicted molar refractivity (Wildman–Crippen MR) is 154 cm³/mol. The molecule has 1 aliphatic heterocycles. The maximum absolute atomic E-state index is 13.4. The van der Waals surface area contributed by atoms with E-state index in [4.69, 9.17) is 0 Å². The largest absolute Gasteiger partial charge is 0.416 e. The molecule has 9 heteroatoms. The Bertz CT molecular complexity index is 1520. The van der Waals surface area contributed by atoms with Crippen molar-refractivity contribution in [1.29, 1.82) is 0 Å². The highest BCUT2D eigenvalue weighted by Crippen LogP contribution is 2.31. The van der Waals surface area contributed by atoms with Crippen molar-refractivity contribution in [1.82, 2.24) is 5.32 Å². The Morgan fingerprint density at radius 1 is 0.780 bits per heavy atom. The molecule has 6 nitrogen and oxygen atoms in total. The lowest BCUT2D eigenvalue weighted by atomic mass is 9.98. The van der Waals surface area contributed by atoms with Gasteiger partial charge in [0.2, 0.25) is 0 Å². The van der Waals surface area contributed by atoms with Crippen LogP contribution in [0.3, 0.4) is 0 Å². The van der Waals surface area contributed by atoms with Gasteiger partial charge in [0.1, 0.15) is 0 Å². The Balaban J connectivity index is 1.32. The lowest BCUT2D eigenvalue weighted by Gasteiger charge is -2.32. The standard InChI is InChI=1S/C32H29F3N4O2/c33-32(34,35)25-10-12-26(13-11-25)37-31(41)38-27-14-15-29(39-19-17-23-8-4-5-9-24(23)21-39)28(20-27)30(40)36-18-16-22-6-2-1-3-7-22/h1-15,20H,16-19,21H2,(H,36,40)(H2,37,38,41). The number of halogens is 3. The fraction of sp³-hybridized carbons (Fsp3) is 0.188. The fourth-order valence-corrected chi connectivity index (χ4v) is 4.87. The van der Waals surface area contributed by atoms with E-state index in [-0.39, 0.29) is 11.6 Å². The fourth-order valence-electron chi connectivity index (χ4n) is 4.87. The van der Waals surface area contributed by atoms with E-state index < -0.39 is 17.8 Å². The second kappa shape index (κ2) is 12.2. The molecule has 0 spiro atoms. The SMILES string of the molecule is O=C(Nc1ccc(C(F)(F)F)cc1)Nc1ccc(N2CCc3ccccc3C2)c(C(=O)NCCc2ccccc2)c1. The molecule has 0 unspecified atom stereocenters. The molecule has 0 aliphatic carbocycles. The summed E-state index contributed by atoms with van der Waals surface area (Å²) in [5.41, 5.74) is 4.55. The first-order valence-corrected chi connectivity index (χ1v) is 13.3. The molecular weight excluding hydrogens is 529 g/mol. The number of rotatable bonds is 7. The number of nitrogens with zero attached hydrogens (tertiary/aromatic N) is 1. The van der Waals surface area contributed by atoms with E-state index in [1.165, 1.54) is 23.3 Å². The minimum absolute atomic E-state index is 0.206. The number of anilines is 3. The average Bonchev–Trinajstić information content (AvgIpc) is 2.97. The van der Waals surface area contributed by atoms with E-state index in [9.17, 15) is 22.8 Å². The van der Waals surface area contributed by atoms with Gasteiger partial charge in [-0.1, -0.05) is 54.6 Å². The van der Waals surface area contributed by atoms with E-state index in [1.54, 1.807) is 12.1 Å². The number of nitrogens with one attached hydrogen (secondary N) is 3. The first-order valence-electron chi connectivity index (χ1n) is 13.3. The zero-order chi connectivity index (χ0) is 28.8. The van der Waals surface area contributed by atoms with E-state index in [0.29, 0.717) is 30.8 Å². The molecule has 1 heterocycles. The van der Waals surface area contributed by atoms with Crippen molar-refractivity contribution in [2.24, 2.45) is 0 Å². The summed E-state index contributed by atoms with van der Waals surface area (Å²) in [6.45, 7) is 1.83. The van der Waals surface area contributed by atoms with Crippen molar-refractivity contribution >= 4 is 29.0 Å². The van der Waals surface area contributed by atoms with Gasteiger partial charge in [-0.25, -0.2) is 4.79 Å². The Morgan fingerprint density at radius 2 is 1.44 bits per heavy atom. The normalized spacial score (nSPS) is 12.8. The number of carbonyl (C=O) groups is 2. The number of urea groups is 1. The van der Waals surface area contributed by atoms with Crippen LogP contribution in [0.15, 0.2) is 97.1 Å². The van der Waals surface area contributed by atoms with Gasteiger partial charge < -0.3 is 20.9 Å². The van der Waals surface area contributed by atoms with Gasteiger partial charge in [0.05, 0.1) is 11.1 Å². The van der Waals surface area contributed by atoms with Crippen molar-refractivity contribution in [3.05, 3.63) is 125 Å². The topological polar surface area (TPSA) is 73.5 Å². The van der Waals surface area contributed by atoms with Crippen molar-refractivity contribution in [2.45, 2.75) is 25.6 Å². The maximum atomic E-state index is 13.4. The Labute approximate surface area is 236 Å². The minimum Gasteiger partial charge on any atom is -0.366 e. The van der Waals surface area contributed by atoms with Crippen LogP contribution in [0.5, 0.6) is 0 Å². The molecule has 0 saturated carbocycles. The highest BCUT2D eigenvalue weighted by Gasteiger charge is 2.30. The predicted octanol–water partition coefficient (Wildman–Crippen LogP) is 6.88. The van der Waals surface area contributed by atoms with E-state index in [0.717, 1.165) is 36.3 Å². The highest BCUT2D eigenvalue weighted by molar-refractivity contribution is 6.04. The quantitative estimate of drug-likeness (QED) is 0.231. The van der Waals surface area contributed by atoms with Crippen molar-refractivity contribution < 1.29 is 22.8 Å². The Morgan fingerprint density at radius 3 is 2.17 bits per heavy atom. The summed E-state index contributed by atoms with van der Waals surface area (Å²) >= 11 is 0. The van der Waals surface area contributed by atoms with Crippen molar-refractivity contribution in [3.63, 3.8) is 0 Å². The van der Waals surface area contributed by atoms with Crippen LogP contribution < -0.4 is 20.9 Å². The number of alkyl halides is 3. The van der Waals surface area contributed by atoms with E-state index in [2.05, 4.69) is 33.0 Å². The second-order valence-corrected chi connectivity index (χ2v) is 9.82. The Hall–Kier alpha value is -4.79. The van der Waals surface area contributed by atoms with Crippen LogP contribution in [0.4, 0.5) is 35.0 Å².